The van der Waals surface area contributed by atoms with Gasteiger partial charge in [0.25, 0.3) is 0 Å². The predicted octanol–water partition coefficient (Wildman–Crippen LogP) is 6.22. The van der Waals surface area contributed by atoms with Crippen molar-refractivity contribution in [2.45, 2.75) is 56.8 Å². The highest BCUT2D eigenvalue weighted by atomic mass is 19.4. The quantitative estimate of drug-likeness (QED) is 0.492. The fourth-order valence-electron chi connectivity index (χ4n) is 3.94. The molecule has 180 valence electrons. The Balaban J connectivity index is 0.000000374. The number of hydrogen-bond donors (Lipinski definition) is 0. The van der Waals surface area contributed by atoms with E-state index in [1.165, 1.54) is 12.1 Å². The van der Waals surface area contributed by atoms with Gasteiger partial charge in [-0.05, 0) is 55.2 Å². The van der Waals surface area contributed by atoms with Crippen molar-refractivity contribution in [3.05, 3.63) is 71.0 Å². The normalized spacial score (nSPS) is 20.8. The SMILES string of the molecule is Fc1ccccc1.O=C1CCCC2C[C@@H](OCc3cc(C(F)(F)F)cc(C(F)(F)F)c3)CN12. The molecule has 2 aromatic rings. The summed E-state index contributed by atoms with van der Waals surface area (Å²) in [4.78, 5) is 13.5. The van der Waals surface area contributed by atoms with Crippen molar-refractivity contribution in [2.24, 2.45) is 0 Å². The number of alkyl halides is 6. The van der Waals surface area contributed by atoms with Crippen molar-refractivity contribution in [3.8, 4) is 0 Å². The number of piperidine rings is 1. The lowest BCUT2D eigenvalue weighted by Crippen LogP contribution is -2.39. The Morgan fingerprint density at radius 1 is 0.939 bits per heavy atom. The van der Waals surface area contributed by atoms with E-state index >= 15 is 0 Å². The number of hydrogen-bond acceptors (Lipinski definition) is 2. The summed E-state index contributed by atoms with van der Waals surface area (Å²) in [6.07, 6.45) is -7.50. The molecule has 10 heteroatoms. The lowest BCUT2D eigenvalue weighted by atomic mass is 10.0. The van der Waals surface area contributed by atoms with Gasteiger partial charge in [-0.1, -0.05) is 18.2 Å². The first-order valence-corrected chi connectivity index (χ1v) is 10.3. The highest BCUT2D eigenvalue weighted by molar-refractivity contribution is 5.77. The molecule has 0 aliphatic carbocycles. The van der Waals surface area contributed by atoms with Crippen LogP contribution in [0.1, 0.15) is 42.4 Å². The van der Waals surface area contributed by atoms with Gasteiger partial charge in [-0.3, -0.25) is 4.79 Å². The maximum atomic E-state index is 12.9. The number of fused-ring (bicyclic) bond motifs is 1. The third-order valence-electron chi connectivity index (χ3n) is 5.49. The van der Waals surface area contributed by atoms with Gasteiger partial charge in [-0.25, -0.2) is 4.39 Å². The number of nitrogens with zero attached hydrogens (tertiary/aromatic N) is 1. The maximum Gasteiger partial charge on any atom is 0.416 e. The summed E-state index contributed by atoms with van der Waals surface area (Å²) < 4.78 is 94.7. The third-order valence-corrected chi connectivity index (χ3v) is 5.49. The zero-order chi connectivity index (χ0) is 24.2. The largest absolute Gasteiger partial charge is 0.416 e. The molecule has 2 aliphatic heterocycles. The summed E-state index contributed by atoms with van der Waals surface area (Å²) in [6, 6.07) is 9.42. The molecule has 2 saturated heterocycles. The minimum atomic E-state index is -4.88. The van der Waals surface area contributed by atoms with Crippen molar-refractivity contribution < 1.29 is 40.3 Å². The van der Waals surface area contributed by atoms with Crippen molar-refractivity contribution >= 4 is 5.91 Å². The van der Waals surface area contributed by atoms with E-state index in [1.807, 2.05) is 0 Å². The molecule has 0 radical (unpaired) electrons. The van der Waals surface area contributed by atoms with E-state index in [2.05, 4.69) is 0 Å². The van der Waals surface area contributed by atoms with Crippen LogP contribution in [0.4, 0.5) is 30.7 Å². The van der Waals surface area contributed by atoms with E-state index < -0.39 is 23.5 Å². The van der Waals surface area contributed by atoms with E-state index in [0.717, 1.165) is 12.8 Å². The lowest BCUT2D eigenvalue weighted by molar-refractivity contribution is -0.143. The molecule has 0 spiro atoms. The van der Waals surface area contributed by atoms with Crippen molar-refractivity contribution in [2.75, 3.05) is 6.54 Å². The Kier molecular flexibility index (Phi) is 7.66. The van der Waals surface area contributed by atoms with Crippen LogP contribution in [0.15, 0.2) is 48.5 Å². The summed E-state index contributed by atoms with van der Waals surface area (Å²) in [5.41, 5.74) is -2.90. The first-order chi connectivity index (χ1) is 15.4. The number of benzene rings is 2. The molecule has 33 heavy (non-hydrogen) atoms. The molecule has 4 rings (SSSR count). The molecule has 0 bridgehead atoms. The van der Waals surface area contributed by atoms with E-state index in [-0.39, 0.29) is 42.1 Å². The number of amides is 1. The van der Waals surface area contributed by atoms with Crippen LogP contribution >= 0.6 is 0 Å². The van der Waals surface area contributed by atoms with E-state index in [4.69, 9.17) is 4.74 Å². The molecule has 2 atom stereocenters. The van der Waals surface area contributed by atoms with Gasteiger partial charge in [0.2, 0.25) is 5.91 Å². The summed E-state index contributed by atoms with van der Waals surface area (Å²) in [7, 11) is 0. The van der Waals surface area contributed by atoms with Crippen LogP contribution in [0, 0.1) is 5.82 Å². The van der Waals surface area contributed by atoms with Crippen LogP contribution in [0.2, 0.25) is 0 Å². The highest BCUT2D eigenvalue weighted by Gasteiger charge is 2.39. The van der Waals surface area contributed by atoms with Crippen molar-refractivity contribution in [3.63, 3.8) is 0 Å². The first kappa shape index (κ1) is 25.0. The lowest BCUT2D eigenvalue weighted by Gasteiger charge is -2.28. The monoisotopic (exact) mass is 477 g/mol. The fraction of sp³-hybridized carbons (Fsp3) is 0.435. The zero-order valence-corrected chi connectivity index (χ0v) is 17.4. The minimum Gasteiger partial charge on any atom is -0.372 e. The van der Waals surface area contributed by atoms with E-state index in [0.29, 0.717) is 31.5 Å². The summed E-state index contributed by atoms with van der Waals surface area (Å²) >= 11 is 0. The van der Waals surface area contributed by atoms with Crippen molar-refractivity contribution in [1.29, 1.82) is 0 Å². The number of carbonyl (C=O) groups excluding carboxylic acids is 1. The summed E-state index contributed by atoms with van der Waals surface area (Å²) in [5, 5.41) is 0. The molecule has 2 fully saturated rings. The van der Waals surface area contributed by atoms with Crippen LogP contribution in [0.5, 0.6) is 0 Å². The van der Waals surface area contributed by atoms with Gasteiger partial charge < -0.3 is 9.64 Å². The summed E-state index contributed by atoms with van der Waals surface area (Å²) in [6.45, 7) is -0.0407. The average Bonchev–Trinajstić information content (AvgIpc) is 3.16. The predicted molar refractivity (Wildman–Crippen MR) is 105 cm³/mol. The molecule has 2 aromatic carbocycles. The van der Waals surface area contributed by atoms with Gasteiger partial charge in [-0.2, -0.15) is 26.3 Å². The Hall–Kier alpha value is -2.62. The van der Waals surface area contributed by atoms with Gasteiger partial charge in [-0.15, -0.1) is 0 Å². The molecule has 2 heterocycles. The van der Waals surface area contributed by atoms with Crippen LogP contribution in [-0.2, 0) is 28.5 Å². The smallest absolute Gasteiger partial charge is 0.372 e. The van der Waals surface area contributed by atoms with Gasteiger partial charge in [0, 0.05) is 19.0 Å². The Bertz CT molecular complexity index is 912. The van der Waals surface area contributed by atoms with Gasteiger partial charge in [0.05, 0.1) is 23.8 Å². The van der Waals surface area contributed by atoms with Crippen LogP contribution in [0.3, 0.4) is 0 Å². The third kappa shape index (κ3) is 6.93. The molecule has 1 unspecified atom stereocenters. The van der Waals surface area contributed by atoms with Crippen LogP contribution < -0.4 is 0 Å². The Morgan fingerprint density at radius 2 is 1.55 bits per heavy atom. The second-order valence-electron chi connectivity index (χ2n) is 7.97. The van der Waals surface area contributed by atoms with Crippen LogP contribution in [-0.4, -0.2) is 29.5 Å². The molecule has 2 aliphatic rings. The summed E-state index contributed by atoms with van der Waals surface area (Å²) in [5.74, 6) is -0.159. The van der Waals surface area contributed by atoms with Crippen molar-refractivity contribution in [1.82, 2.24) is 4.90 Å². The number of carbonyl (C=O) groups is 1. The Morgan fingerprint density at radius 3 is 2.03 bits per heavy atom. The average molecular weight is 477 g/mol. The minimum absolute atomic E-state index is 0.0192. The number of halogens is 7. The molecule has 0 saturated carbocycles. The molecular weight excluding hydrogens is 455 g/mol. The van der Waals surface area contributed by atoms with Crippen LogP contribution in [0.25, 0.3) is 0 Å². The standard InChI is InChI=1S/C17H17F6NO2.C6H5F/c18-16(19,20)11-4-10(5-12(6-11)17(21,22)23)9-26-14-7-13-2-1-3-15(25)24(13)8-14;7-6-4-2-1-3-5-6/h4-6,13-14H,1-3,7-9H2;1-5H/t13?,14-;/m1./s1. The van der Waals surface area contributed by atoms with E-state index in [9.17, 15) is 35.5 Å². The van der Waals surface area contributed by atoms with Gasteiger partial charge in [0.1, 0.15) is 5.82 Å². The zero-order valence-electron chi connectivity index (χ0n) is 17.4. The molecule has 0 N–H and O–H groups in total. The highest BCUT2D eigenvalue weighted by Crippen LogP contribution is 2.37. The maximum absolute atomic E-state index is 12.9. The second kappa shape index (κ2) is 10.1. The number of rotatable bonds is 3. The topological polar surface area (TPSA) is 29.5 Å². The second-order valence-corrected chi connectivity index (χ2v) is 7.97. The molecular formula is C23H22F7NO2. The number of ether oxygens (including phenoxy) is 1. The van der Waals surface area contributed by atoms with Gasteiger partial charge >= 0.3 is 12.4 Å². The van der Waals surface area contributed by atoms with Gasteiger partial charge in [0.15, 0.2) is 0 Å². The first-order valence-electron chi connectivity index (χ1n) is 10.3. The fourth-order valence-corrected chi connectivity index (χ4v) is 3.94. The van der Waals surface area contributed by atoms with E-state index in [1.54, 1.807) is 23.1 Å². The molecule has 3 nitrogen and oxygen atoms in total. The Labute approximate surface area is 186 Å². The molecule has 0 aromatic heterocycles. The molecule has 1 amide bonds.